The molecule has 0 bridgehead atoms. The van der Waals surface area contributed by atoms with E-state index >= 15 is 0 Å². The van der Waals surface area contributed by atoms with Gasteiger partial charge in [-0.05, 0) is 49.8 Å². The molecule has 4 heteroatoms. The molecule has 2 aliphatic rings. The smallest absolute Gasteiger partial charge is 0.223 e. The molecule has 1 aliphatic heterocycles. The lowest BCUT2D eigenvalue weighted by Gasteiger charge is -2.30. The van der Waals surface area contributed by atoms with Crippen molar-refractivity contribution in [2.45, 2.75) is 57.7 Å². The van der Waals surface area contributed by atoms with Crippen molar-refractivity contribution in [1.82, 2.24) is 5.32 Å². The van der Waals surface area contributed by atoms with Gasteiger partial charge in [0, 0.05) is 31.2 Å². The first-order valence-corrected chi connectivity index (χ1v) is 7.91. The van der Waals surface area contributed by atoms with Gasteiger partial charge in [-0.3, -0.25) is 4.79 Å². The van der Waals surface area contributed by atoms with Crippen LogP contribution in [0.3, 0.4) is 0 Å². The molecule has 21 heavy (non-hydrogen) atoms. The third-order valence-electron chi connectivity index (χ3n) is 4.50. The van der Waals surface area contributed by atoms with Gasteiger partial charge in [0.2, 0.25) is 5.91 Å². The Hall–Kier alpha value is -1.39. The van der Waals surface area contributed by atoms with E-state index in [-0.39, 0.29) is 11.9 Å². The molecule has 1 amide bonds. The molecule has 1 saturated carbocycles. The first-order valence-electron chi connectivity index (χ1n) is 7.91. The highest BCUT2D eigenvalue weighted by Crippen LogP contribution is 2.31. The third-order valence-corrected chi connectivity index (χ3v) is 4.50. The summed E-state index contributed by atoms with van der Waals surface area (Å²) in [7, 11) is 0. The van der Waals surface area contributed by atoms with Gasteiger partial charge < -0.3 is 15.3 Å². The lowest BCUT2D eigenvalue weighted by molar-refractivity contribution is -0.116. The van der Waals surface area contributed by atoms with Gasteiger partial charge >= 0.3 is 0 Å². The number of carbonyl (C=O) groups is 1. The average Bonchev–Trinajstić information content (AvgIpc) is 3.29. The van der Waals surface area contributed by atoms with Crippen LogP contribution in [0.25, 0.3) is 0 Å². The molecular formula is C17H24N2O2. The van der Waals surface area contributed by atoms with Crippen LogP contribution in [0.1, 0.15) is 50.3 Å². The molecule has 0 radical (unpaired) electrons. The number of carbonyl (C=O) groups excluding carboxylic acids is 1. The number of amides is 1. The van der Waals surface area contributed by atoms with Crippen molar-refractivity contribution in [3.8, 4) is 0 Å². The Kier molecular flexibility index (Phi) is 4.00. The zero-order valence-electron chi connectivity index (χ0n) is 12.8. The minimum Gasteiger partial charge on any atom is -0.387 e. The number of hydrogen-bond acceptors (Lipinski definition) is 3. The molecule has 2 unspecified atom stereocenters. The zero-order chi connectivity index (χ0) is 15.0. The van der Waals surface area contributed by atoms with Crippen molar-refractivity contribution >= 4 is 11.6 Å². The van der Waals surface area contributed by atoms with Gasteiger partial charge in [-0.2, -0.15) is 0 Å². The third kappa shape index (κ3) is 3.11. The summed E-state index contributed by atoms with van der Waals surface area (Å²) in [5.74, 6) is 0.0757. The van der Waals surface area contributed by atoms with E-state index in [0.29, 0.717) is 6.04 Å². The molecule has 0 spiro atoms. The SMILES string of the molecule is CC(=O)N1CCCc2ccc(C(O)C(C)NC3CC3)cc21. The topological polar surface area (TPSA) is 52.6 Å². The summed E-state index contributed by atoms with van der Waals surface area (Å²) in [6.07, 6.45) is 3.89. The number of nitrogens with zero attached hydrogens (tertiary/aromatic N) is 1. The van der Waals surface area contributed by atoms with Gasteiger partial charge in [0.1, 0.15) is 0 Å². The van der Waals surface area contributed by atoms with E-state index in [1.54, 1.807) is 6.92 Å². The maximum atomic E-state index is 11.8. The van der Waals surface area contributed by atoms with Gasteiger partial charge in [0.15, 0.2) is 0 Å². The Morgan fingerprint density at radius 2 is 2.19 bits per heavy atom. The highest BCUT2D eigenvalue weighted by Gasteiger charge is 2.27. The Morgan fingerprint density at radius 3 is 2.86 bits per heavy atom. The number of rotatable bonds is 4. The fourth-order valence-corrected chi connectivity index (χ4v) is 3.10. The molecule has 1 aliphatic carbocycles. The maximum Gasteiger partial charge on any atom is 0.223 e. The predicted molar refractivity (Wildman–Crippen MR) is 83.4 cm³/mol. The van der Waals surface area contributed by atoms with Crippen LogP contribution in [0.15, 0.2) is 18.2 Å². The minimum absolute atomic E-state index is 0.0323. The van der Waals surface area contributed by atoms with E-state index < -0.39 is 6.10 Å². The number of anilines is 1. The van der Waals surface area contributed by atoms with Crippen molar-refractivity contribution in [1.29, 1.82) is 0 Å². The number of hydrogen-bond donors (Lipinski definition) is 2. The fourth-order valence-electron chi connectivity index (χ4n) is 3.10. The summed E-state index contributed by atoms with van der Waals surface area (Å²) in [4.78, 5) is 13.6. The number of aryl methyl sites for hydroxylation is 1. The summed E-state index contributed by atoms with van der Waals surface area (Å²) < 4.78 is 0. The first kappa shape index (κ1) is 14.5. The first-order chi connectivity index (χ1) is 10.1. The normalized spacial score (nSPS) is 20.8. The highest BCUT2D eigenvalue weighted by atomic mass is 16.3. The standard InChI is InChI=1S/C17H24N2O2/c1-11(18-15-7-8-15)17(21)14-6-5-13-4-3-9-19(12(2)20)16(13)10-14/h5-6,10-11,15,17-18,21H,3-4,7-9H2,1-2H3. The van der Waals surface area contributed by atoms with Crippen molar-refractivity contribution in [2.24, 2.45) is 0 Å². The molecule has 0 saturated heterocycles. The Labute approximate surface area is 126 Å². The monoisotopic (exact) mass is 288 g/mol. The molecule has 1 aromatic rings. The molecule has 1 aromatic carbocycles. The maximum absolute atomic E-state index is 11.8. The summed E-state index contributed by atoms with van der Waals surface area (Å²) in [5.41, 5.74) is 3.07. The lowest BCUT2D eigenvalue weighted by atomic mass is 9.95. The number of fused-ring (bicyclic) bond motifs is 1. The number of benzene rings is 1. The van der Waals surface area contributed by atoms with Crippen LogP contribution in [-0.4, -0.2) is 29.6 Å². The van der Waals surface area contributed by atoms with Gasteiger partial charge in [0.25, 0.3) is 0 Å². The number of aliphatic hydroxyl groups is 1. The van der Waals surface area contributed by atoms with Crippen LogP contribution in [0.2, 0.25) is 0 Å². The molecule has 2 atom stereocenters. The molecule has 0 aromatic heterocycles. The fraction of sp³-hybridized carbons (Fsp3) is 0.588. The molecule has 1 fully saturated rings. The van der Waals surface area contributed by atoms with Gasteiger partial charge in [-0.1, -0.05) is 12.1 Å². The second-order valence-electron chi connectivity index (χ2n) is 6.34. The molecule has 4 nitrogen and oxygen atoms in total. The van der Waals surface area contributed by atoms with E-state index in [0.717, 1.165) is 30.6 Å². The van der Waals surface area contributed by atoms with Gasteiger partial charge in [0.05, 0.1) is 6.10 Å². The van der Waals surface area contributed by atoms with Crippen molar-refractivity contribution in [2.75, 3.05) is 11.4 Å². The van der Waals surface area contributed by atoms with E-state index in [2.05, 4.69) is 11.4 Å². The Balaban J connectivity index is 1.83. The quantitative estimate of drug-likeness (QED) is 0.892. The van der Waals surface area contributed by atoms with Crippen LogP contribution in [0.5, 0.6) is 0 Å². The second kappa shape index (κ2) is 5.78. The average molecular weight is 288 g/mol. The predicted octanol–water partition coefficient (Wildman–Crippen LogP) is 2.16. The van der Waals surface area contributed by atoms with Crippen molar-refractivity contribution < 1.29 is 9.90 Å². The van der Waals surface area contributed by atoms with Crippen molar-refractivity contribution in [3.63, 3.8) is 0 Å². The molecule has 3 rings (SSSR count). The Bertz CT molecular complexity index is 540. The van der Waals surface area contributed by atoms with Crippen LogP contribution in [0, 0.1) is 0 Å². The molecule has 1 heterocycles. The van der Waals surface area contributed by atoms with E-state index in [1.165, 1.54) is 18.4 Å². The second-order valence-corrected chi connectivity index (χ2v) is 6.34. The van der Waals surface area contributed by atoms with Crippen LogP contribution < -0.4 is 10.2 Å². The zero-order valence-corrected chi connectivity index (χ0v) is 12.8. The van der Waals surface area contributed by atoms with Crippen LogP contribution >= 0.6 is 0 Å². The summed E-state index contributed by atoms with van der Waals surface area (Å²) in [6, 6.07) is 6.65. The van der Waals surface area contributed by atoms with Crippen molar-refractivity contribution in [3.05, 3.63) is 29.3 Å². The van der Waals surface area contributed by atoms with Crippen LogP contribution in [0.4, 0.5) is 5.69 Å². The molecular weight excluding hydrogens is 264 g/mol. The summed E-state index contributed by atoms with van der Waals surface area (Å²) >= 11 is 0. The van der Waals surface area contributed by atoms with E-state index in [4.69, 9.17) is 0 Å². The number of nitrogens with one attached hydrogen (secondary N) is 1. The summed E-state index contributed by atoms with van der Waals surface area (Å²) in [5, 5.41) is 14.0. The molecule has 2 N–H and O–H groups in total. The lowest BCUT2D eigenvalue weighted by Crippen LogP contribution is -2.35. The van der Waals surface area contributed by atoms with Gasteiger partial charge in [-0.25, -0.2) is 0 Å². The minimum atomic E-state index is -0.536. The number of aliphatic hydroxyl groups excluding tert-OH is 1. The highest BCUT2D eigenvalue weighted by molar-refractivity contribution is 5.92. The Morgan fingerprint density at radius 1 is 1.43 bits per heavy atom. The van der Waals surface area contributed by atoms with E-state index in [1.807, 2.05) is 24.0 Å². The van der Waals surface area contributed by atoms with Gasteiger partial charge in [-0.15, -0.1) is 0 Å². The van der Waals surface area contributed by atoms with E-state index in [9.17, 15) is 9.90 Å². The largest absolute Gasteiger partial charge is 0.387 e. The van der Waals surface area contributed by atoms with Crippen LogP contribution in [-0.2, 0) is 11.2 Å². The summed E-state index contributed by atoms with van der Waals surface area (Å²) in [6.45, 7) is 4.40. The molecule has 114 valence electrons.